The number of nitrogens with one attached hydrogen (secondary N) is 1. The van der Waals surface area contributed by atoms with E-state index in [9.17, 15) is 0 Å². The number of hydrogen-bond donors (Lipinski definition) is 1. The zero-order valence-corrected chi connectivity index (χ0v) is 15.9. The van der Waals surface area contributed by atoms with Gasteiger partial charge in [-0.15, -0.1) is 0 Å². The smallest absolute Gasteiger partial charge is 0.193 e. The van der Waals surface area contributed by atoms with Crippen molar-refractivity contribution in [2.24, 2.45) is 22.7 Å². The monoisotopic (exact) mass is 322 g/mol. The number of aliphatic imine (C=N–C) groups is 1. The van der Waals surface area contributed by atoms with Crippen molar-refractivity contribution in [3.05, 3.63) is 0 Å². The highest BCUT2D eigenvalue weighted by Gasteiger charge is 2.22. The molecule has 23 heavy (non-hydrogen) atoms. The lowest BCUT2D eigenvalue weighted by Gasteiger charge is -2.31. The third-order valence-electron chi connectivity index (χ3n) is 5.68. The van der Waals surface area contributed by atoms with Gasteiger partial charge in [-0.2, -0.15) is 0 Å². The summed E-state index contributed by atoms with van der Waals surface area (Å²) in [4.78, 5) is 9.86. The van der Waals surface area contributed by atoms with E-state index >= 15 is 0 Å². The highest BCUT2D eigenvalue weighted by molar-refractivity contribution is 5.79. The minimum atomic E-state index is 0.743. The molecule has 2 fully saturated rings. The normalized spacial score (nSPS) is 29.7. The maximum Gasteiger partial charge on any atom is 0.193 e. The van der Waals surface area contributed by atoms with Crippen LogP contribution in [0, 0.1) is 17.8 Å². The van der Waals surface area contributed by atoms with E-state index in [-0.39, 0.29) is 0 Å². The van der Waals surface area contributed by atoms with Crippen LogP contribution in [0.25, 0.3) is 0 Å². The molecule has 1 aliphatic carbocycles. The number of likely N-dealkylation sites (tertiary alicyclic amines) is 1. The molecule has 0 spiro atoms. The summed E-state index contributed by atoms with van der Waals surface area (Å²) in [6.45, 7) is 13.6. The maximum absolute atomic E-state index is 4.95. The van der Waals surface area contributed by atoms with E-state index in [1.807, 2.05) is 0 Å². The topological polar surface area (TPSA) is 30.9 Å². The first-order chi connectivity index (χ1) is 11.1. The molecule has 1 N–H and O–H groups in total. The average Bonchev–Trinajstić information content (AvgIpc) is 3.01. The molecule has 4 nitrogen and oxygen atoms in total. The molecule has 0 aromatic carbocycles. The Morgan fingerprint density at radius 2 is 1.87 bits per heavy atom. The molecule has 1 saturated carbocycles. The second-order valence-corrected chi connectivity index (χ2v) is 7.75. The van der Waals surface area contributed by atoms with Crippen LogP contribution in [-0.2, 0) is 0 Å². The Bertz CT molecular complexity index is 360. The van der Waals surface area contributed by atoms with Crippen molar-refractivity contribution in [1.29, 1.82) is 0 Å². The van der Waals surface area contributed by atoms with Gasteiger partial charge in [0.05, 0.1) is 0 Å². The quantitative estimate of drug-likeness (QED) is 0.602. The Morgan fingerprint density at radius 1 is 1.13 bits per heavy atom. The summed E-state index contributed by atoms with van der Waals surface area (Å²) in [7, 11) is 2.21. The van der Waals surface area contributed by atoms with Gasteiger partial charge in [0.15, 0.2) is 5.96 Å². The third kappa shape index (κ3) is 5.98. The van der Waals surface area contributed by atoms with Crippen LogP contribution in [0.15, 0.2) is 4.99 Å². The van der Waals surface area contributed by atoms with Gasteiger partial charge in [0, 0.05) is 33.2 Å². The van der Waals surface area contributed by atoms with Gasteiger partial charge in [0.2, 0.25) is 0 Å². The zero-order chi connectivity index (χ0) is 16.7. The van der Waals surface area contributed by atoms with Crippen molar-refractivity contribution in [2.45, 2.75) is 52.9 Å². The number of hydrogen-bond acceptors (Lipinski definition) is 2. The first kappa shape index (κ1) is 18.6. The van der Waals surface area contributed by atoms with E-state index in [2.05, 4.69) is 42.9 Å². The summed E-state index contributed by atoms with van der Waals surface area (Å²) in [5, 5.41) is 3.49. The lowest BCUT2D eigenvalue weighted by molar-refractivity contribution is 0.250. The van der Waals surface area contributed by atoms with Crippen LogP contribution in [0.5, 0.6) is 0 Å². The van der Waals surface area contributed by atoms with Gasteiger partial charge in [-0.3, -0.25) is 4.99 Å². The fourth-order valence-corrected chi connectivity index (χ4v) is 4.02. The maximum atomic E-state index is 4.95. The Labute approximate surface area is 143 Å². The van der Waals surface area contributed by atoms with Crippen LogP contribution in [0.2, 0.25) is 0 Å². The van der Waals surface area contributed by atoms with E-state index < -0.39 is 0 Å². The van der Waals surface area contributed by atoms with Crippen LogP contribution in [0.3, 0.4) is 0 Å². The molecule has 2 aliphatic rings. The molecule has 4 heteroatoms. The van der Waals surface area contributed by atoms with Crippen molar-refractivity contribution in [1.82, 2.24) is 15.1 Å². The van der Waals surface area contributed by atoms with Crippen molar-refractivity contribution >= 4 is 5.96 Å². The predicted octanol–water partition coefficient (Wildman–Crippen LogP) is 3.05. The van der Waals surface area contributed by atoms with Crippen molar-refractivity contribution in [3.63, 3.8) is 0 Å². The van der Waals surface area contributed by atoms with Crippen LogP contribution in [0.1, 0.15) is 52.9 Å². The molecule has 134 valence electrons. The highest BCUT2D eigenvalue weighted by Crippen LogP contribution is 2.28. The fourth-order valence-electron chi connectivity index (χ4n) is 4.02. The number of nitrogens with zero attached hydrogens (tertiary/aromatic N) is 3. The molecule has 0 radical (unpaired) electrons. The van der Waals surface area contributed by atoms with Crippen molar-refractivity contribution in [2.75, 3.05) is 46.3 Å². The Hall–Kier alpha value is -0.770. The summed E-state index contributed by atoms with van der Waals surface area (Å²) in [5.74, 6) is 3.64. The number of guanidine groups is 1. The molecule has 1 aliphatic heterocycles. The molecule has 0 bridgehead atoms. The lowest BCUT2D eigenvalue weighted by Crippen LogP contribution is -2.42. The molecule has 1 unspecified atom stereocenters. The van der Waals surface area contributed by atoms with Gasteiger partial charge in [0.1, 0.15) is 0 Å². The molecule has 1 atom stereocenters. The van der Waals surface area contributed by atoms with Gasteiger partial charge >= 0.3 is 0 Å². The van der Waals surface area contributed by atoms with E-state index in [0.717, 1.165) is 43.3 Å². The SMILES string of the molecule is CCNC(=NCC1CCN(CC)C1)N(C)CC1CCC(C)CC1. The van der Waals surface area contributed by atoms with Crippen LogP contribution in [0.4, 0.5) is 0 Å². The van der Waals surface area contributed by atoms with E-state index in [1.165, 1.54) is 51.7 Å². The van der Waals surface area contributed by atoms with Crippen LogP contribution >= 0.6 is 0 Å². The Morgan fingerprint density at radius 3 is 2.48 bits per heavy atom. The molecule has 1 heterocycles. The van der Waals surface area contributed by atoms with E-state index in [1.54, 1.807) is 0 Å². The van der Waals surface area contributed by atoms with Gasteiger partial charge < -0.3 is 15.1 Å². The van der Waals surface area contributed by atoms with Crippen LogP contribution < -0.4 is 5.32 Å². The van der Waals surface area contributed by atoms with Crippen molar-refractivity contribution in [3.8, 4) is 0 Å². The van der Waals surface area contributed by atoms with Gasteiger partial charge in [0.25, 0.3) is 0 Å². The number of rotatable bonds is 6. The average molecular weight is 323 g/mol. The summed E-state index contributed by atoms with van der Waals surface area (Å²) >= 11 is 0. The van der Waals surface area contributed by atoms with Gasteiger partial charge in [-0.1, -0.05) is 26.7 Å². The first-order valence-electron chi connectivity index (χ1n) is 9.84. The molecule has 0 aromatic rings. The van der Waals surface area contributed by atoms with E-state index in [4.69, 9.17) is 4.99 Å². The summed E-state index contributed by atoms with van der Waals surface area (Å²) in [6, 6.07) is 0. The zero-order valence-electron chi connectivity index (χ0n) is 15.9. The molecule has 0 amide bonds. The molecular weight excluding hydrogens is 284 g/mol. The molecule has 0 aromatic heterocycles. The highest BCUT2D eigenvalue weighted by atomic mass is 15.3. The molecular formula is C19H38N4. The Balaban J connectivity index is 1.82. The minimum Gasteiger partial charge on any atom is -0.357 e. The third-order valence-corrected chi connectivity index (χ3v) is 5.68. The Kier molecular flexibility index (Phi) is 7.68. The molecule has 2 rings (SSSR count). The largest absolute Gasteiger partial charge is 0.357 e. The summed E-state index contributed by atoms with van der Waals surface area (Å²) in [5.41, 5.74) is 0. The minimum absolute atomic E-state index is 0.743. The summed E-state index contributed by atoms with van der Waals surface area (Å²) < 4.78 is 0. The predicted molar refractivity (Wildman–Crippen MR) is 100.0 cm³/mol. The van der Waals surface area contributed by atoms with Crippen molar-refractivity contribution < 1.29 is 0 Å². The van der Waals surface area contributed by atoms with Crippen LogP contribution in [-0.4, -0.2) is 62.1 Å². The summed E-state index contributed by atoms with van der Waals surface area (Å²) in [6.07, 6.45) is 6.89. The fraction of sp³-hybridized carbons (Fsp3) is 0.947. The van der Waals surface area contributed by atoms with E-state index in [0.29, 0.717) is 0 Å². The lowest BCUT2D eigenvalue weighted by atomic mass is 9.83. The van der Waals surface area contributed by atoms with Gasteiger partial charge in [-0.05, 0) is 57.0 Å². The standard InChI is InChI=1S/C19H38N4/c1-5-20-19(21-13-18-11-12-23(6-2)15-18)22(4)14-17-9-7-16(3)8-10-17/h16-18H,5-15H2,1-4H3,(H,20,21). The molecule has 1 saturated heterocycles. The van der Waals surface area contributed by atoms with Gasteiger partial charge in [-0.25, -0.2) is 0 Å². The second-order valence-electron chi connectivity index (χ2n) is 7.75. The first-order valence-corrected chi connectivity index (χ1v) is 9.84. The second kappa shape index (κ2) is 9.51.